The number of alkyl halides is 3. The summed E-state index contributed by atoms with van der Waals surface area (Å²) in [6.45, 7) is 3.63. The number of hydrogen-bond donors (Lipinski definition) is 1. The van der Waals surface area contributed by atoms with Gasteiger partial charge in [-0.3, -0.25) is 0 Å². The fraction of sp³-hybridized carbons (Fsp3) is 0.333. The lowest BCUT2D eigenvalue weighted by Crippen LogP contribution is -2.41. The van der Waals surface area contributed by atoms with E-state index < -0.39 is 33.8 Å². The van der Waals surface area contributed by atoms with Gasteiger partial charge in [0.2, 0.25) is 0 Å². The molecule has 1 aromatic carbocycles. The van der Waals surface area contributed by atoms with Crippen LogP contribution in [0.5, 0.6) is 0 Å². The highest BCUT2D eigenvalue weighted by molar-refractivity contribution is 7.88. The number of nitrogens with zero attached hydrogens (tertiary/aromatic N) is 3. The van der Waals surface area contributed by atoms with Crippen molar-refractivity contribution in [2.45, 2.75) is 38.9 Å². The summed E-state index contributed by atoms with van der Waals surface area (Å²) in [5.41, 5.74) is 0.713. The van der Waals surface area contributed by atoms with E-state index >= 15 is 0 Å². The van der Waals surface area contributed by atoms with Crippen LogP contribution in [0.3, 0.4) is 0 Å². The van der Waals surface area contributed by atoms with Crippen molar-refractivity contribution in [3.05, 3.63) is 59.2 Å². The molecule has 3 aromatic rings. The van der Waals surface area contributed by atoms with Crippen molar-refractivity contribution in [3.63, 3.8) is 0 Å². The van der Waals surface area contributed by atoms with Crippen molar-refractivity contribution >= 4 is 21.2 Å². The summed E-state index contributed by atoms with van der Waals surface area (Å²) >= 11 is 0. The molecule has 29 heavy (non-hydrogen) atoms. The number of benzene rings is 1. The minimum absolute atomic E-state index is 0.0475. The Morgan fingerprint density at radius 2 is 1.76 bits per heavy atom. The van der Waals surface area contributed by atoms with Crippen LogP contribution in [0.4, 0.5) is 17.6 Å². The van der Waals surface area contributed by atoms with Crippen LogP contribution in [0.2, 0.25) is 0 Å². The van der Waals surface area contributed by atoms with E-state index in [-0.39, 0.29) is 5.65 Å². The smallest absolute Gasteiger partial charge is 0.236 e. The van der Waals surface area contributed by atoms with E-state index in [1.165, 1.54) is 6.20 Å². The highest BCUT2D eigenvalue weighted by Gasteiger charge is 2.44. The Labute approximate surface area is 164 Å². The topological polar surface area (TPSA) is 76.9 Å². The van der Waals surface area contributed by atoms with Crippen molar-refractivity contribution in [2.24, 2.45) is 0 Å². The molecule has 11 heteroatoms. The number of rotatable bonds is 6. The van der Waals surface area contributed by atoms with Gasteiger partial charge in [-0.25, -0.2) is 9.37 Å². The summed E-state index contributed by atoms with van der Waals surface area (Å²) in [6.07, 6.45) is -2.62. The number of aromatic nitrogens is 3. The average Bonchev–Trinajstić information content (AvgIpc) is 3.06. The fourth-order valence-corrected chi connectivity index (χ4v) is 4.28. The van der Waals surface area contributed by atoms with Crippen LogP contribution in [-0.2, 0) is 23.1 Å². The largest absolute Gasteiger partial charge is 0.408 e. The molecule has 0 aliphatic heterocycles. The summed E-state index contributed by atoms with van der Waals surface area (Å²) in [4.78, 5) is 4.03. The zero-order chi connectivity index (χ0) is 21.4. The molecular formula is C18H18F4N4O2S. The van der Waals surface area contributed by atoms with Crippen molar-refractivity contribution in [1.82, 2.24) is 18.9 Å². The average molecular weight is 430 g/mol. The molecule has 0 saturated carbocycles. The van der Waals surface area contributed by atoms with Gasteiger partial charge in [0.1, 0.15) is 11.9 Å². The second-order valence-corrected chi connectivity index (χ2v) is 7.85. The van der Waals surface area contributed by atoms with E-state index in [2.05, 4.69) is 10.1 Å². The molecule has 2 aromatic heterocycles. The Hall–Kier alpha value is -2.53. The van der Waals surface area contributed by atoms with Crippen LogP contribution in [0.1, 0.15) is 36.7 Å². The molecular weight excluding hydrogens is 412 g/mol. The van der Waals surface area contributed by atoms with Crippen LogP contribution in [-0.4, -0.2) is 28.8 Å². The second kappa shape index (κ2) is 7.71. The molecule has 3 rings (SSSR count). The monoisotopic (exact) mass is 430 g/mol. The first kappa shape index (κ1) is 21.2. The second-order valence-electron chi connectivity index (χ2n) is 6.31. The molecule has 1 atom stereocenters. The highest BCUT2D eigenvalue weighted by atomic mass is 32.2. The normalized spacial score (nSPS) is 13.7. The Kier molecular flexibility index (Phi) is 5.63. The van der Waals surface area contributed by atoms with Crippen LogP contribution in [0.25, 0.3) is 11.0 Å². The maximum Gasteiger partial charge on any atom is 0.408 e. The highest BCUT2D eigenvalue weighted by Crippen LogP contribution is 2.34. The number of halogens is 4. The molecule has 0 radical (unpaired) electrons. The quantitative estimate of drug-likeness (QED) is 0.606. The predicted molar refractivity (Wildman–Crippen MR) is 98.9 cm³/mol. The molecule has 0 fully saturated rings. The molecule has 1 unspecified atom stereocenters. The standard InChI is InChI=1S/C18H18F4N4O2S/c1-3-11-9-10-23-17-15(11)14(4-2)24-26(17)29(27,28)25-16(18(20,21)22)12-5-7-13(19)8-6-12/h5-10,16,25H,3-4H2,1-2H3. The van der Waals surface area contributed by atoms with Crippen molar-refractivity contribution in [1.29, 1.82) is 0 Å². The van der Waals surface area contributed by atoms with E-state index in [0.29, 0.717) is 28.0 Å². The minimum atomic E-state index is -4.95. The summed E-state index contributed by atoms with van der Waals surface area (Å²) < 4.78 is 81.7. The Bertz CT molecular complexity index is 1130. The van der Waals surface area contributed by atoms with Crippen molar-refractivity contribution < 1.29 is 26.0 Å². The number of pyridine rings is 1. The first-order valence-electron chi connectivity index (χ1n) is 8.79. The first-order valence-corrected chi connectivity index (χ1v) is 10.2. The van der Waals surface area contributed by atoms with Crippen LogP contribution in [0, 0.1) is 5.82 Å². The fourth-order valence-electron chi connectivity index (χ4n) is 3.04. The van der Waals surface area contributed by atoms with Gasteiger partial charge in [-0.1, -0.05) is 26.0 Å². The molecule has 0 saturated heterocycles. The molecule has 0 aliphatic carbocycles. The Balaban J connectivity index is 2.12. The molecule has 6 nitrogen and oxygen atoms in total. The van der Waals surface area contributed by atoms with Crippen LogP contribution in [0.15, 0.2) is 36.5 Å². The lowest BCUT2D eigenvalue weighted by atomic mass is 10.1. The summed E-state index contributed by atoms with van der Waals surface area (Å²) in [5.74, 6) is -0.737. The maximum absolute atomic E-state index is 13.6. The van der Waals surface area contributed by atoms with Gasteiger partial charge in [0, 0.05) is 11.6 Å². The third kappa shape index (κ3) is 4.10. The number of fused-ring (bicyclic) bond motifs is 1. The van der Waals surface area contributed by atoms with Gasteiger partial charge in [0.05, 0.1) is 5.69 Å². The summed E-state index contributed by atoms with van der Waals surface area (Å²) in [7, 11) is -4.76. The van der Waals surface area contributed by atoms with Crippen LogP contribution < -0.4 is 4.72 Å². The zero-order valence-corrected chi connectivity index (χ0v) is 16.4. The van der Waals surface area contributed by atoms with Crippen molar-refractivity contribution in [2.75, 3.05) is 0 Å². The molecule has 0 amide bonds. The molecule has 0 spiro atoms. The first-order chi connectivity index (χ1) is 13.6. The summed E-state index contributed by atoms with van der Waals surface area (Å²) in [6, 6.07) is 2.55. The van der Waals surface area contributed by atoms with Gasteiger partial charge in [-0.2, -0.15) is 31.4 Å². The molecule has 0 bridgehead atoms. The molecule has 0 aliphatic rings. The number of hydrogen-bond acceptors (Lipinski definition) is 4. The van der Waals surface area contributed by atoms with Gasteiger partial charge >= 0.3 is 16.4 Å². The SMILES string of the molecule is CCc1ccnc2c1c(CC)nn2S(=O)(=O)NC(c1ccc(F)cc1)C(F)(F)F. The van der Waals surface area contributed by atoms with Gasteiger partial charge in [-0.05, 0) is 42.2 Å². The Morgan fingerprint density at radius 1 is 1.10 bits per heavy atom. The van der Waals surface area contributed by atoms with E-state index in [4.69, 9.17) is 0 Å². The lowest BCUT2D eigenvalue weighted by molar-refractivity contribution is -0.153. The molecule has 156 valence electrons. The lowest BCUT2D eigenvalue weighted by Gasteiger charge is -2.22. The Morgan fingerprint density at radius 3 is 2.31 bits per heavy atom. The van der Waals surface area contributed by atoms with Gasteiger partial charge in [0.15, 0.2) is 5.65 Å². The molecule has 1 N–H and O–H groups in total. The third-order valence-corrected chi connectivity index (χ3v) is 5.68. The predicted octanol–water partition coefficient (Wildman–Crippen LogP) is 3.68. The van der Waals surface area contributed by atoms with Gasteiger partial charge in [0.25, 0.3) is 0 Å². The summed E-state index contributed by atoms with van der Waals surface area (Å²) in [5, 5.41) is 4.51. The van der Waals surface area contributed by atoms with E-state index in [1.54, 1.807) is 17.7 Å². The molecule has 2 heterocycles. The number of aryl methyl sites for hydroxylation is 2. The zero-order valence-electron chi connectivity index (χ0n) is 15.5. The maximum atomic E-state index is 13.6. The van der Waals surface area contributed by atoms with E-state index in [1.807, 2.05) is 6.92 Å². The van der Waals surface area contributed by atoms with Gasteiger partial charge in [-0.15, -0.1) is 4.09 Å². The van der Waals surface area contributed by atoms with Crippen LogP contribution >= 0.6 is 0 Å². The van der Waals surface area contributed by atoms with E-state index in [9.17, 15) is 26.0 Å². The van der Waals surface area contributed by atoms with Gasteiger partial charge < -0.3 is 0 Å². The number of nitrogens with one attached hydrogen (secondary N) is 1. The minimum Gasteiger partial charge on any atom is -0.236 e. The van der Waals surface area contributed by atoms with E-state index in [0.717, 1.165) is 29.8 Å². The third-order valence-electron chi connectivity index (χ3n) is 4.44. The van der Waals surface area contributed by atoms with Crippen molar-refractivity contribution in [3.8, 4) is 0 Å².